The van der Waals surface area contributed by atoms with E-state index in [1.54, 1.807) is 12.7 Å². The highest BCUT2D eigenvalue weighted by Crippen LogP contribution is 2.05. The second kappa shape index (κ2) is 6.15. The maximum Gasteiger partial charge on any atom is 0.137 e. The maximum absolute atomic E-state index is 4.09. The predicted molar refractivity (Wildman–Crippen MR) is 67.6 cm³/mol. The second-order valence-corrected chi connectivity index (χ2v) is 4.09. The minimum Gasteiger partial charge on any atom is -0.313 e. The molecule has 1 N–H and O–H groups in total. The molecule has 0 aliphatic carbocycles. The molecule has 0 aliphatic heterocycles. The van der Waals surface area contributed by atoms with Gasteiger partial charge in [0.2, 0.25) is 0 Å². The first-order valence-corrected chi connectivity index (χ1v) is 5.99. The summed E-state index contributed by atoms with van der Waals surface area (Å²) in [5.41, 5.74) is 2.57. The minimum absolute atomic E-state index is 0.780. The van der Waals surface area contributed by atoms with Crippen molar-refractivity contribution in [3.8, 4) is 0 Å². The zero-order valence-corrected chi connectivity index (χ0v) is 10.1. The van der Waals surface area contributed by atoms with Crippen LogP contribution in [0, 0.1) is 0 Å². The molecule has 2 aromatic rings. The maximum atomic E-state index is 4.09. The van der Waals surface area contributed by atoms with Gasteiger partial charge in [-0.1, -0.05) is 31.2 Å². The van der Waals surface area contributed by atoms with E-state index < -0.39 is 0 Å². The number of nitrogens with one attached hydrogen (secondary N) is 1. The fourth-order valence-electron chi connectivity index (χ4n) is 1.67. The van der Waals surface area contributed by atoms with Crippen LogP contribution in [0.5, 0.6) is 0 Å². The van der Waals surface area contributed by atoms with Crippen molar-refractivity contribution in [2.24, 2.45) is 0 Å². The smallest absolute Gasteiger partial charge is 0.137 e. The molecule has 0 spiro atoms. The van der Waals surface area contributed by atoms with Crippen molar-refractivity contribution in [2.75, 3.05) is 6.54 Å². The third kappa shape index (κ3) is 3.67. The summed E-state index contributed by atoms with van der Waals surface area (Å²) in [5.74, 6) is 0. The Morgan fingerprint density at radius 2 is 1.94 bits per heavy atom. The topological polar surface area (TPSA) is 42.7 Å². The predicted octanol–water partition coefficient (Wildman–Crippen LogP) is 1.83. The van der Waals surface area contributed by atoms with Crippen LogP contribution in [0.25, 0.3) is 0 Å². The number of nitrogens with zero attached hydrogens (tertiary/aromatic N) is 3. The molecular formula is C13H18N4. The van der Waals surface area contributed by atoms with E-state index in [-0.39, 0.29) is 0 Å². The third-order valence-electron chi connectivity index (χ3n) is 2.59. The van der Waals surface area contributed by atoms with Crippen molar-refractivity contribution in [1.29, 1.82) is 0 Å². The van der Waals surface area contributed by atoms with Crippen LogP contribution in [0.3, 0.4) is 0 Å². The fourth-order valence-corrected chi connectivity index (χ4v) is 1.67. The molecule has 0 saturated carbocycles. The third-order valence-corrected chi connectivity index (χ3v) is 2.59. The van der Waals surface area contributed by atoms with E-state index in [1.165, 1.54) is 17.5 Å². The lowest BCUT2D eigenvalue weighted by atomic mass is 10.1. The van der Waals surface area contributed by atoms with Crippen LogP contribution >= 0.6 is 0 Å². The summed E-state index contributed by atoms with van der Waals surface area (Å²) in [6.45, 7) is 4.97. The molecule has 1 aromatic heterocycles. The van der Waals surface area contributed by atoms with E-state index in [4.69, 9.17) is 0 Å². The Balaban J connectivity index is 1.89. The van der Waals surface area contributed by atoms with Crippen LogP contribution < -0.4 is 5.32 Å². The van der Waals surface area contributed by atoms with Crippen molar-refractivity contribution >= 4 is 0 Å². The number of hydrogen-bond acceptors (Lipinski definition) is 3. The molecule has 0 fully saturated rings. The van der Waals surface area contributed by atoms with Crippen molar-refractivity contribution in [3.63, 3.8) is 0 Å². The molecule has 0 amide bonds. The zero-order valence-electron chi connectivity index (χ0n) is 10.1. The molecule has 4 heteroatoms. The molecule has 1 aromatic carbocycles. The van der Waals surface area contributed by atoms with Gasteiger partial charge in [-0.05, 0) is 24.1 Å². The molecule has 0 saturated heterocycles. The molecule has 0 radical (unpaired) electrons. The molecule has 2 rings (SSSR count). The SMILES string of the molecule is CCCNCc1ccc(Cn2cncn2)cc1. The summed E-state index contributed by atoms with van der Waals surface area (Å²) in [6.07, 6.45) is 4.46. The Bertz CT molecular complexity index is 419. The lowest BCUT2D eigenvalue weighted by molar-refractivity contribution is 0.672. The molecule has 0 unspecified atom stereocenters. The van der Waals surface area contributed by atoms with E-state index in [0.717, 1.165) is 19.6 Å². The Morgan fingerprint density at radius 1 is 1.18 bits per heavy atom. The van der Waals surface area contributed by atoms with E-state index >= 15 is 0 Å². The van der Waals surface area contributed by atoms with Crippen LogP contribution in [0.15, 0.2) is 36.9 Å². The first-order valence-electron chi connectivity index (χ1n) is 5.99. The second-order valence-electron chi connectivity index (χ2n) is 4.09. The molecule has 0 bridgehead atoms. The van der Waals surface area contributed by atoms with Gasteiger partial charge in [-0.3, -0.25) is 0 Å². The summed E-state index contributed by atoms with van der Waals surface area (Å²) in [6, 6.07) is 8.61. The van der Waals surface area contributed by atoms with Crippen molar-refractivity contribution < 1.29 is 0 Å². The van der Waals surface area contributed by atoms with Gasteiger partial charge in [0.25, 0.3) is 0 Å². The molecule has 17 heavy (non-hydrogen) atoms. The molecule has 0 aliphatic rings. The lowest BCUT2D eigenvalue weighted by Gasteiger charge is -2.05. The van der Waals surface area contributed by atoms with Crippen molar-refractivity contribution in [1.82, 2.24) is 20.1 Å². The summed E-state index contributed by atoms with van der Waals surface area (Å²) in [5, 5.41) is 7.48. The quantitative estimate of drug-likeness (QED) is 0.770. The number of benzene rings is 1. The van der Waals surface area contributed by atoms with E-state index in [2.05, 4.69) is 46.6 Å². The van der Waals surface area contributed by atoms with Gasteiger partial charge in [0, 0.05) is 6.54 Å². The van der Waals surface area contributed by atoms with Crippen LogP contribution in [-0.2, 0) is 13.1 Å². The first-order chi connectivity index (χ1) is 8.38. The normalized spacial score (nSPS) is 10.6. The summed E-state index contributed by atoms with van der Waals surface area (Å²) < 4.78 is 1.82. The molecule has 1 heterocycles. The van der Waals surface area contributed by atoms with E-state index in [9.17, 15) is 0 Å². The summed E-state index contributed by atoms with van der Waals surface area (Å²) in [4.78, 5) is 3.93. The highest BCUT2D eigenvalue weighted by molar-refractivity contribution is 5.22. The van der Waals surface area contributed by atoms with Gasteiger partial charge >= 0.3 is 0 Å². The van der Waals surface area contributed by atoms with Gasteiger partial charge in [0.1, 0.15) is 12.7 Å². The Labute approximate surface area is 102 Å². The van der Waals surface area contributed by atoms with E-state index in [0.29, 0.717) is 0 Å². The standard InChI is InChI=1S/C13H18N4/c1-2-7-14-8-12-3-5-13(6-4-12)9-17-11-15-10-16-17/h3-6,10-11,14H,2,7-9H2,1H3. The van der Waals surface area contributed by atoms with Crippen molar-refractivity contribution in [3.05, 3.63) is 48.0 Å². The molecule has 0 atom stereocenters. The Kier molecular flexibility index (Phi) is 4.27. The minimum atomic E-state index is 0.780. The lowest BCUT2D eigenvalue weighted by Crippen LogP contribution is -2.13. The fraction of sp³-hybridized carbons (Fsp3) is 0.385. The van der Waals surface area contributed by atoms with E-state index in [1.807, 2.05) is 4.68 Å². The largest absolute Gasteiger partial charge is 0.313 e. The molecule has 4 nitrogen and oxygen atoms in total. The zero-order chi connectivity index (χ0) is 11.9. The first kappa shape index (κ1) is 11.8. The van der Waals surface area contributed by atoms with Gasteiger partial charge in [-0.15, -0.1) is 0 Å². The highest BCUT2D eigenvalue weighted by Gasteiger charge is 1.96. The van der Waals surface area contributed by atoms with Gasteiger partial charge in [-0.25, -0.2) is 9.67 Å². The average Bonchev–Trinajstić information content (AvgIpc) is 2.85. The highest BCUT2D eigenvalue weighted by atomic mass is 15.3. The average molecular weight is 230 g/mol. The monoisotopic (exact) mass is 230 g/mol. The van der Waals surface area contributed by atoms with Crippen LogP contribution in [0.2, 0.25) is 0 Å². The van der Waals surface area contributed by atoms with Gasteiger partial charge in [0.05, 0.1) is 6.54 Å². The van der Waals surface area contributed by atoms with Crippen LogP contribution in [-0.4, -0.2) is 21.3 Å². The number of hydrogen-bond donors (Lipinski definition) is 1. The summed E-state index contributed by atoms with van der Waals surface area (Å²) >= 11 is 0. The van der Waals surface area contributed by atoms with Crippen molar-refractivity contribution in [2.45, 2.75) is 26.4 Å². The number of rotatable bonds is 6. The van der Waals surface area contributed by atoms with Crippen LogP contribution in [0.1, 0.15) is 24.5 Å². The molecule has 90 valence electrons. The van der Waals surface area contributed by atoms with Crippen LogP contribution in [0.4, 0.5) is 0 Å². The Morgan fingerprint density at radius 3 is 2.59 bits per heavy atom. The number of aromatic nitrogens is 3. The van der Waals surface area contributed by atoms with Gasteiger partial charge in [0.15, 0.2) is 0 Å². The Hall–Kier alpha value is -1.68. The van der Waals surface area contributed by atoms with Gasteiger partial charge < -0.3 is 5.32 Å². The summed E-state index contributed by atoms with van der Waals surface area (Å²) in [7, 11) is 0. The molecular weight excluding hydrogens is 212 g/mol. The van der Waals surface area contributed by atoms with Gasteiger partial charge in [-0.2, -0.15) is 5.10 Å².